The van der Waals surface area contributed by atoms with Crippen LogP contribution in [0.1, 0.15) is 35.8 Å². The van der Waals surface area contributed by atoms with Crippen LogP contribution < -0.4 is 5.32 Å². The topological polar surface area (TPSA) is 77.6 Å². The van der Waals surface area contributed by atoms with Crippen LogP contribution in [-0.4, -0.2) is 36.2 Å². The van der Waals surface area contributed by atoms with Crippen molar-refractivity contribution in [2.45, 2.75) is 37.8 Å². The number of benzene rings is 2. The zero-order valence-corrected chi connectivity index (χ0v) is 18.8. The Morgan fingerprint density at radius 1 is 1.03 bits per heavy atom. The molecule has 0 atom stereocenters. The predicted molar refractivity (Wildman–Crippen MR) is 126 cm³/mol. The van der Waals surface area contributed by atoms with Gasteiger partial charge in [-0.25, -0.2) is 4.68 Å². The van der Waals surface area contributed by atoms with E-state index >= 15 is 0 Å². The number of hydrogen-bond acceptors (Lipinski definition) is 5. The van der Waals surface area contributed by atoms with Crippen LogP contribution in [0, 0.1) is 13.8 Å². The van der Waals surface area contributed by atoms with Crippen LogP contribution in [0.3, 0.4) is 0 Å². The number of anilines is 1. The molecule has 8 heteroatoms. The van der Waals surface area contributed by atoms with Crippen LogP contribution in [0.2, 0.25) is 0 Å². The van der Waals surface area contributed by atoms with E-state index in [0.717, 1.165) is 41.3 Å². The van der Waals surface area contributed by atoms with E-state index in [4.69, 9.17) is 5.10 Å². The number of aromatic nitrogens is 5. The highest BCUT2D eigenvalue weighted by atomic mass is 32.2. The summed E-state index contributed by atoms with van der Waals surface area (Å²) in [7, 11) is 0. The molecule has 1 amide bonds. The number of para-hydroxylation sites is 1. The first kappa shape index (κ1) is 20.5. The summed E-state index contributed by atoms with van der Waals surface area (Å²) in [6.45, 7) is 3.96. The molecular weight excluding hydrogens is 420 g/mol. The smallest absolute Gasteiger partial charge is 0.236 e. The van der Waals surface area contributed by atoms with Gasteiger partial charge in [0.1, 0.15) is 11.6 Å². The summed E-state index contributed by atoms with van der Waals surface area (Å²) in [5, 5.41) is 17.0. The number of aryl methyl sites for hydroxylation is 2. The Kier molecular flexibility index (Phi) is 5.53. The molecule has 0 saturated heterocycles. The summed E-state index contributed by atoms with van der Waals surface area (Å²) in [5.74, 6) is 2.10. The van der Waals surface area contributed by atoms with Crippen molar-refractivity contribution in [1.82, 2.24) is 24.5 Å². The Morgan fingerprint density at radius 2 is 1.81 bits per heavy atom. The van der Waals surface area contributed by atoms with Gasteiger partial charge in [0.15, 0.2) is 5.16 Å². The summed E-state index contributed by atoms with van der Waals surface area (Å²) in [5.41, 5.74) is 4.11. The van der Waals surface area contributed by atoms with Crippen LogP contribution in [0.5, 0.6) is 0 Å². The largest absolute Gasteiger partial charge is 0.310 e. The van der Waals surface area contributed by atoms with E-state index in [1.165, 1.54) is 11.8 Å². The van der Waals surface area contributed by atoms with Gasteiger partial charge in [-0.1, -0.05) is 42.1 Å². The van der Waals surface area contributed by atoms with Crippen molar-refractivity contribution in [3.05, 3.63) is 77.7 Å². The second-order valence-electron chi connectivity index (χ2n) is 8.02. The van der Waals surface area contributed by atoms with Crippen molar-refractivity contribution >= 4 is 23.5 Å². The molecule has 0 bridgehead atoms. The normalized spacial score (nSPS) is 13.3. The third kappa shape index (κ3) is 4.31. The number of amides is 1. The Labute approximate surface area is 190 Å². The molecule has 1 aliphatic carbocycles. The molecule has 0 aliphatic heterocycles. The van der Waals surface area contributed by atoms with Gasteiger partial charge in [0.2, 0.25) is 5.91 Å². The van der Waals surface area contributed by atoms with Crippen LogP contribution in [0.4, 0.5) is 5.82 Å². The number of rotatable bonds is 7. The van der Waals surface area contributed by atoms with Gasteiger partial charge >= 0.3 is 0 Å². The minimum Gasteiger partial charge on any atom is -0.310 e. The third-order valence-electron chi connectivity index (χ3n) is 5.38. The monoisotopic (exact) mass is 444 g/mol. The molecule has 2 heterocycles. The van der Waals surface area contributed by atoms with Gasteiger partial charge in [0, 0.05) is 17.7 Å². The minimum absolute atomic E-state index is 0.106. The summed E-state index contributed by atoms with van der Waals surface area (Å²) < 4.78 is 3.79. The number of thioether (sulfide) groups is 1. The molecule has 5 rings (SSSR count). The first-order valence-electron chi connectivity index (χ1n) is 10.7. The van der Waals surface area contributed by atoms with Gasteiger partial charge in [-0.2, -0.15) is 5.10 Å². The zero-order chi connectivity index (χ0) is 22.1. The number of carbonyl (C=O) groups is 1. The second kappa shape index (κ2) is 8.63. The molecule has 1 fully saturated rings. The summed E-state index contributed by atoms with van der Waals surface area (Å²) in [4.78, 5) is 12.8. The number of hydrogen-bond donors (Lipinski definition) is 1. The average Bonchev–Trinajstić information content (AvgIpc) is 3.46. The maximum absolute atomic E-state index is 12.8. The molecule has 0 unspecified atom stereocenters. The van der Waals surface area contributed by atoms with E-state index in [9.17, 15) is 4.79 Å². The Bertz CT molecular complexity index is 1260. The molecule has 1 saturated carbocycles. The number of nitrogens with zero attached hydrogens (tertiary/aromatic N) is 5. The van der Waals surface area contributed by atoms with Crippen molar-refractivity contribution < 1.29 is 4.79 Å². The molecule has 0 radical (unpaired) electrons. The highest BCUT2D eigenvalue weighted by molar-refractivity contribution is 7.99. The third-order valence-corrected chi connectivity index (χ3v) is 6.31. The molecule has 162 valence electrons. The number of nitrogens with one attached hydrogen (secondary N) is 1. The van der Waals surface area contributed by atoms with E-state index in [2.05, 4.69) is 34.6 Å². The quantitative estimate of drug-likeness (QED) is 0.419. The lowest BCUT2D eigenvalue weighted by molar-refractivity contribution is -0.113. The average molecular weight is 445 g/mol. The SMILES string of the molecule is Cc1cccc(-n2c(C)nnc2SCC(=O)Nc2cc(C3CC3)nn2-c2ccccc2)c1. The zero-order valence-electron chi connectivity index (χ0n) is 18.0. The fourth-order valence-electron chi connectivity index (χ4n) is 3.64. The lowest BCUT2D eigenvalue weighted by Gasteiger charge is -2.10. The first-order valence-corrected chi connectivity index (χ1v) is 11.6. The number of carbonyl (C=O) groups excluding carboxylic acids is 1. The Morgan fingerprint density at radius 3 is 2.56 bits per heavy atom. The predicted octanol–water partition coefficient (Wildman–Crippen LogP) is 4.68. The lowest BCUT2D eigenvalue weighted by Crippen LogP contribution is -2.17. The van der Waals surface area contributed by atoms with E-state index in [1.807, 2.05) is 64.7 Å². The highest BCUT2D eigenvalue weighted by Gasteiger charge is 2.28. The summed E-state index contributed by atoms with van der Waals surface area (Å²) >= 11 is 1.37. The molecular formula is C24H24N6OS. The van der Waals surface area contributed by atoms with E-state index in [1.54, 1.807) is 0 Å². The van der Waals surface area contributed by atoms with Crippen molar-refractivity contribution in [3.8, 4) is 11.4 Å². The Balaban J connectivity index is 1.33. The highest BCUT2D eigenvalue weighted by Crippen LogP contribution is 2.40. The molecule has 7 nitrogen and oxygen atoms in total. The molecule has 0 spiro atoms. The van der Waals surface area contributed by atoms with Gasteiger partial charge in [-0.15, -0.1) is 10.2 Å². The van der Waals surface area contributed by atoms with Gasteiger partial charge in [-0.05, 0) is 56.5 Å². The van der Waals surface area contributed by atoms with E-state index in [0.29, 0.717) is 16.9 Å². The fraction of sp³-hybridized carbons (Fsp3) is 0.250. The van der Waals surface area contributed by atoms with Gasteiger partial charge < -0.3 is 5.32 Å². The van der Waals surface area contributed by atoms with Crippen molar-refractivity contribution in [2.24, 2.45) is 0 Å². The molecule has 2 aromatic carbocycles. The maximum atomic E-state index is 12.8. The second-order valence-corrected chi connectivity index (χ2v) is 8.96. The van der Waals surface area contributed by atoms with E-state index < -0.39 is 0 Å². The Hall–Kier alpha value is -3.39. The maximum Gasteiger partial charge on any atom is 0.236 e. The minimum atomic E-state index is -0.106. The van der Waals surface area contributed by atoms with Crippen LogP contribution >= 0.6 is 11.8 Å². The molecule has 32 heavy (non-hydrogen) atoms. The van der Waals surface area contributed by atoms with Crippen molar-refractivity contribution in [3.63, 3.8) is 0 Å². The molecule has 2 aromatic heterocycles. The van der Waals surface area contributed by atoms with Crippen LogP contribution in [-0.2, 0) is 4.79 Å². The molecule has 4 aromatic rings. The van der Waals surface area contributed by atoms with Crippen molar-refractivity contribution in [1.29, 1.82) is 0 Å². The van der Waals surface area contributed by atoms with Crippen LogP contribution in [0.25, 0.3) is 11.4 Å². The van der Waals surface area contributed by atoms with Gasteiger partial charge in [0.25, 0.3) is 0 Å². The lowest BCUT2D eigenvalue weighted by atomic mass is 10.2. The summed E-state index contributed by atoms with van der Waals surface area (Å²) in [6.07, 6.45) is 2.31. The fourth-order valence-corrected chi connectivity index (χ4v) is 4.44. The molecule has 1 N–H and O–H groups in total. The van der Waals surface area contributed by atoms with Crippen molar-refractivity contribution in [2.75, 3.05) is 11.1 Å². The van der Waals surface area contributed by atoms with E-state index in [-0.39, 0.29) is 11.7 Å². The standard InChI is InChI=1S/C24H24N6OS/c1-16-7-6-10-20(13-16)29-17(2)26-27-24(29)32-15-23(31)25-22-14-21(18-11-12-18)28-30(22)19-8-4-3-5-9-19/h3-10,13-14,18H,11-12,15H2,1-2H3,(H,25,31). The molecule has 1 aliphatic rings. The first-order chi connectivity index (χ1) is 15.6. The van der Waals surface area contributed by atoms with Gasteiger partial charge in [0.05, 0.1) is 17.1 Å². The summed E-state index contributed by atoms with van der Waals surface area (Å²) in [6, 6.07) is 20.0. The van der Waals surface area contributed by atoms with Crippen LogP contribution in [0.15, 0.2) is 65.8 Å². The van der Waals surface area contributed by atoms with Gasteiger partial charge in [-0.3, -0.25) is 9.36 Å².